The number of thiocarbonyl (C=S) groups is 1. The van der Waals surface area contributed by atoms with Gasteiger partial charge in [-0.2, -0.15) is 0 Å². The molecule has 0 radical (unpaired) electrons. The smallest absolute Gasteiger partial charge is 0.172 e. The van der Waals surface area contributed by atoms with Crippen LogP contribution in [0.15, 0.2) is 41.0 Å². The minimum absolute atomic E-state index is 0.558. The van der Waals surface area contributed by atoms with Crippen LogP contribution in [0.1, 0.15) is 16.7 Å². The lowest BCUT2D eigenvalue weighted by molar-refractivity contribution is 0.924. The summed E-state index contributed by atoms with van der Waals surface area (Å²) >= 11 is 8.74. The van der Waals surface area contributed by atoms with E-state index in [1.165, 1.54) is 11.1 Å². The molecule has 0 bridgehead atoms. The van der Waals surface area contributed by atoms with Gasteiger partial charge in [-0.1, -0.05) is 29.8 Å². The molecule has 0 fully saturated rings. The summed E-state index contributed by atoms with van der Waals surface area (Å²) in [5.41, 5.74) is 3.54. The fraction of sp³-hybridized carbons (Fsp3) is 0.200. The van der Waals surface area contributed by atoms with Crippen LogP contribution in [0.4, 0.5) is 5.82 Å². The fourth-order valence-electron chi connectivity index (χ4n) is 1.67. The lowest BCUT2D eigenvalue weighted by Crippen LogP contribution is -2.28. The van der Waals surface area contributed by atoms with Gasteiger partial charge in [-0.25, -0.2) is 4.98 Å². The zero-order chi connectivity index (χ0) is 14.5. The second kappa shape index (κ2) is 6.81. The normalized spacial score (nSPS) is 10.2. The predicted octanol–water partition coefficient (Wildman–Crippen LogP) is 3.95. The number of anilines is 1. The van der Waals surface area contributed by atoms with Crippen molar-refractivity contribution in [2.45, 2.75) is 20.4 Å². The number of benzene rings is 1. The first kappa shape index (κ1) is 14.9. The zero-order valence-electron chi connectivity index (χ0n) is 11.4. The molecule has 0 unspecified atom stereocenters. The SMILES string of the molecule is Cc1ccc(CNC(=S)Nc2ncc(C)cc2Br)cc1. The van der Waals surface area contributed by atoms with Crippen LogP contribution in [0.25, 0.3) is 0 Å². The Kier molecular flexibility index (Phi) is 5.09. The summed E-state index contributed by atoms with van der Waals surface area (Å²) in [5, 5.41) is 6.81. The number of aryl methyl sites for hydroxylation is 2. The molecule has 2 rings (SSSR count). The molecule has 20 heavy (non-hydrogen) atoms. The van der Waals surface area contributed by atoms with Crippen LogP contribution in [-0.4, -0.2) is 10.1 Å². The third-order valence-electron chi connectivity index (χ3n) is 2.78. The minimum atomic E-state index is 0.558. The largest absolute Gasteiger partial charge is 0.358 e. The van der Waals surface area contributed by atoms with Crippen molar-refractivity contribution in [2.24, 2.45) is 0 Å². The van der Waals surface area contributed by atoms with E-state index in [0.717, 1.165) is 15.9 Å². The maximum atomic E-state index is 5.27. The third-order valence-corrected chi connectivity index (χ3v) is 3.63. The molecule has 1 aromatic carbocycles. The van der Waals surface area contributed by atoms with Gasteiger partial charge in [0.05, 0.1) is 4.47 Å². The molecule has 5 heteroatoms. The van der Waals surface area contributed by atoms with Crippen LogP contribution in [0.5, 0.6) is 0 Å². The van der Waals surface area contributed by atoms with Gasteiger partial charge in [-0.05, 0) is 59.2 Å². The van der Waals surface area contributed by atoms with Crippen molar-refractivity contribution in [3.63, 3.8) is 0 Å². The molecule has 0 saturated carbocycles. The molecule has 0 aliphatic heterocycles. The van der Waals surface area contributed by atoms with E-state index >= 15 is 0 Å². The van der Waals surface area contributed by atoms with Gasteiger partial charge < -0.3 is 10.6 Å². The number of hydrogen-bond donors (Lipinski definition) is 2. The highest BCUT2D eigenvalue weighted by atomic mass is 79.9. The molecule has 104 valence electrons. The molecule has 0 amide bonds. The van der Waals surface area contributed by atoms with Crippen LogP contribution in [0.3, 0.4) is 0 Å². The van der Waals surface area contributed by atoms with Gasteiger partial charge >= 0.3 is 0 Å². The Morgan fingerprint density at radius 3 is 2.55 bits per heavy atom. The van der Waals surface area contributed by atoms with Gasteiger partial charge in [0.1, 0.15) is 5.82 Å². The summed E-state index contributed by atoms with van der Waals surface area (Å²) in [7, 11) is 0. The molecule has 1 aromatic heterocycles. The molecule has 2 aromatic rings. The highest BCUT2D eigenvalue weighted by molar-refractivity contribution is 9.10. The monoisotopic (exact) mass is 349 g/mol. The number of halogens is 1. The Bertz CT molecular complexity index is 611. The van der Waals surface area contributed by atoms with Crippen molar-refractivity contribution < 1.29 is 0 Å². The molecule has 0 aliphatic carbocycles. The van der Waals surface area contributed by atoms with E-state index in [4.69, 9.17) is 12.2 Å². The summed E-state index contributed by atoms with van der Waals surface area (Å²) in [6.45, 7) is 4.76. The first-order valence-electron chi connectivity index (χ1n) is 6.27. The van der Waals surface area contributed by atoms with Crippen molar-refractivity contribution >= 4 is 39.1 Å². The molecular weight excluding hydrogens is 334 g/mol. The topological polar surface area (TPSA) is 37.0 Å². The molecule has 0 aliphatic rings. The van der Waals surface area contributed by atoms with E-state index in [0.29, 0.717) is 11.7 Å². The number of rotatable bonds is 3. The van der Waals surface area contributed by atoms with Gasteiger partial charge in [0, 0.05) is 12.7 Å². The maximum Gasteiger partial charge on any atom is 0.172 e. The number of aromatic nitrogens is 1. The Labute approximate surface area is 132 Å². The number of hydrogen-bond acceptors (Lipinski definition) is 2. The van der Waals surface area contributed by atoms with Gasteiger partial charge in [0.15, 0.2) is 5.11 Å². The molecule has 1 heterocycles. The zero-order valence-corrected chi connectivity index (χ0v) is 13.8. The van der Waals surface area contributed by atoms with Crippen molar-refractivity contribution in [1.82, 2.24) is 10.3 Å². The van der Waals surface area contributed by atoms with E-state index in [9.17, 15) is 0 Å². The van der Waals surface area contributed by atoms with E-state index in [-0.39, 0.29) is 0 Å². The van der Waals surface area contributed by atoms with Crippen LogP contribution < -0.4 is 10.6 Å². The molecule has 3 nitrogen and oxygen atoms in total. The second-order valence-electron chi connectivity index (χ2n) is 4.64. The summed E-state index contributed by atoms with van der Waals surface area (Å²) in [4.78, 5) is 4.30. The van der Waals surface area contributed by atoms with Gasteiger partial charge in [-0.15, -0.1) is 0 Å². The number of nitrogens with one attached hydrogen (secondary N) is 2. The molecule has 2 N–H and O–H groups in total. The van der Waals surface area contributed by atoms with Crippen molar-refractivity contribution in [1.29, 1.82) is 0 Å². The standard InChI is InChI=1S/C15H16BrN3S/c1-10-3-5-12(6-4-10)9-18-15(20)19-14-13(16)7-11(2)8-17-14/h3-8H,9H2,1-2H3,(H2,17,18,19,20). The Hall–Kier alpha value is -1.46. The fourth-order valence-corrected chi connectivity index (χ4v) is 2.40. The number of pyridine rings is 1. The van der Waals surface area contributed by atoms with E-state index < -0.39 is 0 Å². The van der Waals surface area contributed by atoms with Crippen molar-refractivity contribution in [3.05, 3.63) is 57.7 Å². The average Bonchev–Trinajstić information content (AvgIpc) is 2.41. The average molecular weight is 350 g/mol. The highest BCUT2D eigenvalue weighted by Gasteiger charge is 2.04. The van der Waals surface area contributed by atoms with E-state index in [1.807, 2.05) is 13.0 Å². The summed E-state index contributed by atoms with van der Waals surface area (Å²) in [5.74, 6) is 0.719. The highest BCUT2D eigenvalue weighted by Crippen LogP contribution is 2.20. The second-order valence-corrected chi connectivity index (χ2v) is 5.90. The van der Waals surface area contributed by atoms with Gasteiger partial charge in [0.2, 0.25) is 0 Å². The minimum Gasteiger partial charge on any atom is -0.358 e. The van der Waals surface area contributed by atoms with Crippen LogP contribution >= 0.6 is 28.1 Å². The Morgan fingerprint density at radius 2 is 1.90 bits per heavy atom. The predicted molar refractivity (Wildman–Crippen MR) is 90.9 cm³/mol. The van der Waals surface area contributed by atoms with E-state index in [1.54, 1.807) is 6.20 Å². The summed E-state index contributed by atoms with van der Waals surface area (Å²) in [6, 6.07) is 10.4. The Morgan fingerprint density at radius 1 is 1.20 bits per heavy atom. The Balaban J connectivity index is 1.90. The van der Waals surface area contributed by atoms with Crippen molar-refractivity contribution in [3.8, 4) is 0 Å². The summed E-state index contributed by atoms with van der Waals surface area (Å²) < 4.78 is 0.900. The first-order valence-corrected chi connectivity index (χ1v) is 7.47. The third kappa shape index (κ3) is 4.28. The summed E-state index contributed by atoms with van der Waals surface area (Å²) in [6.07, 6.45) is 1.80. The van der Waals surface area contributed by atoms with Crippen molar-refractivity contribution in [2.75, 3.05) is 5.32 Å². The lowest BCUT2D eigenvalue weighted by atomic mass is 10.1. The maximum absolute atomic E-state index is 5.27. The first-order chi connectivity index (χ1) is 9.54. The van der Waals surface area contributed by atoms with Crippen LogP contribution in [0.2, 0.25) is 0 Å². The number of nitrogens with zero attached hydrogens (tertiary/aromatic N) is 1. The molecule has 0 spiro atoms. The van der Waals surface area contributed by atoms with Crippen LogP contribution in [0, 0.1) is 13.8 Å². The van der Waals surface area contributed by atoms with Gasteiger partial charge in [0.25, 0.3) is 0 Å². The molecule has 0 saturated heterocycles. The molecular formula is C15H16BrN3S. The molecule has 0 atom stereocenters. The van der Waals surface area contributed by atoms with Crippen LogP contribution in [-0.2, 0) is 6.54 Å². The van der Waals surface area contributed by atoms with Gasteiger partial charge in [-0.3, -0.25) is 0 Å². The van der Waals surface area contributed by atoms with E-state index in [2.05, 4.69) is 62.7 Å². The quantitative estimate of drug-likeness (QED) is 0.822. The lowest BCUT2D eigenvalue weighted by Gasteiger charge is -2.11.